The lowest BCUT2D eigenvalue weighted by molar-refractivity contribution is -0.151. The van der Waals surface area contributed by atoms with Crippen LogP contribution >= 0.6 is 0 Å². The molecule has 2 N–H and O–H groups in total. The van der Waals surface area contributed by atoms with Gasteiger partial charge in [-0.15, -0.1) is 0 Å². The van der Waals surface area contributed by atoms with Gasteiger partial charge in [0.25, 0.3) is 0 Å². The van der Waals surface area contributed by atoms with Crippen LogP contribution in [0.25, 0.3) is 0 Å². The largest absolute Gasteiger partial charge is 0.469 e. The van der Waals surface area contributed by atoms with Crippen LogP contribution in [0, 0.1) is 11.8 Å². The van der Waals surface area contributed by atoms with Gasteiger partial charge >= 0.3 is 23.9 Å². The van der Waals surface area contributed by atoms with Crippen molar-refractivity contribution in [3.8, 4) is 0 Å². The Morgan fingerprint density at radius 3 is 1.21 bits per heavy atom. The monoisotopic (exact) mass is 402 g/mol. The summed E-state index contributed by atoms with van der Waals surface area (Å²) in [5.74, 6) is -1.52. The second-order valence-corrected chi connectivity index (χ2v) is 6.55. The first-order valence-electron chi connectivity index (χ1n) is 9.15. The fourth-order valence-corrected chi connectivity index (χ4v) is 3.24. The Balaban J connectivity index is 0.000000280. The fourth-order valence-electron chi connectivity index (χ4n) is 3.24. The maximum atomic E-state index is 11.2. The predicted octanol–water partition coefficient (Wildman–Crippen LogP) is -0.599. The molecule has 4 atom stereocenters. The number of piperidine rings is 2. The van der Waals surface area contributed by atoms with Gasteiger partial charge in [0.1, 0.15) is 12.1 Å². The SMILES string of the molecule is COC(=O)[C@@H]1CCN[C@H](C(=O)OC)C1.COC(=O)[C@H]1CCN[C@@H](C(=O)OC)C1. The van der Waals surface area contributed by atoms with E-state index in [9.17, 15) is 19.2 Å². The Labute approximate surface area is 164 Å². The molecule has 0 unspecified atom stereocenters. The number of rotatable bonds is 4. The number of carbonyl (C=O) groups is 4. The Kier molecular flexibility index (Phi) is 10.5. The molecule has 10 nitrogen and oxygen atoms in total. The summed E-state index contributed by atoms with van der Waals surface area (Å²) in [6.45, 7) is 1.28. The van der Waals surface area contributed by atoms with E-state index in [4.69, 9.17) is 0 Å². The molecule has 0 aromatic rings. The number of ether oxygens (including phenoxy) is 4. The minimum absolute atomic E-state index is 0.189. The highest BCUT2D eigenvalue weighted by Gasteiger charge is 2.32. The maximum absolute atomic E-state index is 11.2. The lowest BCUT2D eigenvalue weighted by Gasteiger charge is -2.26. The third-order valence-electron chi connectivity index (χ3n) is 4.85. The lowest BCUT2D eigenvalue weighted by atomic mass is 9.92. The topological polar surface area (TPSA) is 129 Å². The predicted molar refractivity (Wildman–Crippen MR) is 97.1 cm³/mol. The fraction of sp³-hybridized carbons (Fsp3) is 0.778. The van der Waals surface area contributed by atoms with Crippen LogP contribution in [-0.2, 0) is 38.1 Å². The van der Waals surface area contributed by atoms with Crippen LogP contribution in [0.15, 0.2) is 0 Å². The highest BCUT2D eigenvalue weighted by Crippen LogP contribution is 2.19. The van der Waals surface area contributed by atoms with Crippen LogP contribution in [0.3, 0.4) is 0 Å². The standard InChI is InChI=1S/2C9H15NO4/c2*1-13-8(11)6-3-4-10-7(5-6)9(12)14-2/h2*6-7,10H,3-5H2,1-2H3/t2*6-,7+/m10/s1. The van der Waals surface area contributed by atoms with Crippen LogP contribution in [-0.4, -0.2) is 77.5 Å². The van der Waals surface area contributed by atoms with Gasteiger partial charge in [0.2, 0.25) is 0 Å². The molecule has 0 aromatic heterocycles. The van der Waals surface area contributed by atoms with Gasteiger partial charge in [-0.3, -0.25) is 19.2 Å². The second kappa shape index (κ2) is 12.3. The zero-order chi connectivity index (χ0) is 21.1. The van der Waals surface area contributed by atoms with Crippen LogP contribution in [0.4, 0.5) is 0 Å². The first-order valence-corrected chi connectivity index (χ1v) is 9.15. The second-order valence-electron chi connectivity index (χ2n) is 6.55. The van der Waals surface area contributed by atoms with Crippen molar-refractivity contribution in [2.45, 2.75) is 37.8 Å². The molecule has 0 radical (unpaired) electrons. The summed E-state index contributed by atoms with van der Waals surface area (Å²) >= 11 is 0. The quantitative estimate of drug-likeness (QED) is 0.464. The molecule has 2 heterocycles. The minimum Gasteiger partial charge on any atom is -0.469 e. The number of methoxy groups -OCH3 is 4. The molecule has 2 saturated heterocycles. The molecular formula is C18H30N2O8. The van der Waals surface area contributed by atoms with E-state index in [1.165, 1.54) is 28.4 Å². The van der Waals surface area contributed by atoms with Gasteiger partial charge in [0, 0.05) is 0 Å². The molecule has 0 bridgehead atoms. The van der Waals surface area contributed by atoms with Crippen LogP contribution in [0.5, 0.6) is 0 Å². The van der Waals surface area contributed by atoms with E-state index in [1.807, 2.05) is 0 Å². The van der Waals surface area contributed by atoms with Crippen LogP contribution in [0.2, 0.25) is 0 Å². The first-order chi connectivity index (χ1) is 13.4. The summed E-state index contributed by atoms with van der Waals surface area (Å²) in [6, 6.07) is -0.754. The molecule has 0 aromatic carbocycles. The number of hydrogen-bond donors (Lipinski definition) is 2. The van der Waals surface area contributed by atoms with Crippen molar-refractivity contribution in [1.29, 1.82) is 0 Å². The molecule has 2 aliphatic heterocycles. The Hall–Kier alpha value is -2.20. The van der Waals surface area contributed by atoms with Crippen LogP contribution < -0.4 is 10.6 Å². The van der Waals surface area contributed by atoms with E-state index < -0.39 is 0 Å². The zero-order valence-electron chi connectivity index (χ0n) is 16.8. The molecule has 0 amide bonds. The average Bonchev–Trinajstić information content (AvgIpc) is 2.77. The first kappa shape index (κ1) is 23.8. The number of nitrogens with one attached hydrogen (secondary N) is 2. The summed E-state index contributed by atoms with van der Waals surface area (Å²) in [7, 11) is 5.40. The number of carbonyl (C=O) groups excluding carboxylic acids is 4. The molecule has 2 aliphatic rings. The molecule has 2 fully saturated rings. The summed E-state index contributed by atoms with van der Waals surface area (Å²) in [5.41, 5.74) is 0. The van der Waals surface area contributed by atoms with Crippen molar-refractivity contribution in [2.75, 3.05) is 41.5 Å². The average molecular weight is 402 g/mol. The van der Waals surface area contributed by atoms with E-state index in [2.05, 4.69) is 29.6 Å². The van der Waals surface area contributed by atoms with Gasteiger partial charge < -0.3 is 29.6 Å². The van der Waals surface area contributed by atoms with E-state index in [-0.39, 0.29) is 47.8 Å². The summed E-state index contributed by atoms with van der Waals surface area (Å²) in [5, 5.41) is 5.99. The molecule has 0 spiro atoms. The van der Waals surface area contributed by atoms with E-state index in [1.54, 1.807) is 0 Å². The molecule has 28 heavy (non-hydrogen) atoms. The third-order valence-corrected chi connectivity index (χ3v) is 4.85. The third kappa shape index (κ3) is 7.08. The molecule has 160 valence electrons. The van der Waals surface area contributed by atoms with Crippen molar-refractivity contribution < 1.29 is 38.1 Å². The Bertz CT molecular complexity index is 462. The summed E-state index contributed by atoms with van der Waals surface area (Å²) in [6.07, 6.45) is 2.33. The highest BCUT2D eigenvalue weighted by molar-refractivity contribution is 5.79. The van der Waals surface area contributed by atoms with Gasteiger partial charge in [-0.1, -0.05) is 0 Å². The van der Waals surface area contributed by atoms with E-state index >= 15 is 0 Å². The van der Waals surface area contributed by atoms with Gasteiger partial charge in [0.15, 0.2) is 0 Å². The molecule has 10 heteroatoms. The molecular weight excluding hydrogens is 372 g/mol. The van der Waals surface area contributed by atoms with Gasteiger partial charge in [-0.25, -0.2) is 0 Å². The van der Waals surface area contributed by atoms with Gasteiger partial charge in [0.05, 0.1) is 40.3 Å². The smallest absolute Gasteiger partial charge is 0.322 e. The van der Waals surface area contributed by atoms with Crippen molar-refractivity contribution in [3.63, 3.8) is 0 Å². The summed E-state index contributed by atoms with van der Waals surface area (Å²) in [4.78, 5) is 44.8. The van der Waals surface area contributed by atoms with Crippen LogP contribution in [0.1, 0.15) is 25.7 Å². The van der Waals surface area contributed by atoms with Gasteiger partial charge in [-0.2, -0.15) is 0 Å². The highest BCUT2D eigenvalue weighted by atomic mass is 16.5. The Morgan fingerprint density at radius 1 is 0.607 bits per heavy atom. The van der Waals surface area contributed by atoms with Crippen molar-refractivity contribution >= 4 is 23.9 Å². The zero-order valence-corrected chi connectivity index (χ0v) is 16.8. The lowest BCUT2D eigenvalue weighted by Crippen LogP contribution is -2.45. The van der Waals surface area contributed by atoms with Crippen molar-refractivity contribution in [1.82, 2.24) is 10.6 Å². The number of esters is 4. The van der Waals surface area contributed by atoms with Crippen molar-refractivity contribution in [3.05, 3.63) is 0 Å². The molecule has 2 rings (SSSR count). The molecule has 0 aliphatic carbocycles. The Morgan fingerprint density at radius 2 is 0.929 bits per heavy atom. The summed E-state index contributed by atoms with van der Waals surface area (Å²) < 4.78 is 18.5. The van der Waals surface area contributed by atoms with Gasteiger partial charge in [-0.05, 0) is 38.8 Å². The van der Waals surface area contributed by atoms with E-state index in [0.29, 0.717) is 38.8 Å². The molecule has 0 saturated carbocycles. The van der Waals surface area contributed by atoms with E-state index in [0.717, 1.165) is 0 Å². The maximum Gasteiger partial charge on any atom is 0.322 e. The normalized spacial score (nSPS) is 26.7. The minimum atomic E-state index is -0.377. The number of hydrogen-bond acceptors (Lipinski definition) is 10. The van der Waals surface area contributed by atoms with Crippen molar-refractivity contribution in [2.24, 2.45) is 11.8 Å².